The van der Waals surface area contributed by atoms with Crippen LogP contribution >= 0.6 is 0 Å². The zero-order chi connectivity index (χ0) is 14.7. The molecule has 20 heavy (non-hydrogen) atoms. The number of rotatable bonds is 5. The van der Waals surface area contributed by atoms with E-state index >= 15 is 0 Å². The Balaban J connectivity index is 2.56. The van der Waals surface area contributed by atoms with Crippen LogP contribution in [0.15, 0.2) is 12.1 Å². The molecule has 1 aromatic carbocycles. The van der Waals surface area contributed by atoms with Gasteiger partial charge in [-0.25, -0.2) is 0 Å². The molecule has 0 bridgehead atoms. The van der Waals surface area contributed by atoms with E-state index in [-0.39, 0.29) is 0 Å². The van der Waals surface area contributed by atoms with Gasteiger partial charge in [-0.15, -0.1) is 0 Å². The van der Waals surface area contributed by atoms with Gasteiger partial charge in [-0.05, 0) is 31.4 Å². The van der Waals surface area contributed by atoms with Gasteiger partial charge in [0.1, 0.15) is 11.5 Å². The molecule has 0 radical (unpaired) electrons. The lowest BCUT2D eigenvalue weighted by Gasteiger charge is -2.37. The summed E-state index contributed by atoms with van der Waals surface area (Å²) < 4.78 is 11.2. The Bertz CT molecular complexity index is 455. The second-order valence-corrected chi connectivity index (χ2v) is 5.69. The summed E-state index contributed by atoms with van der Waals surface area (Å²) in [6.45, 7) is 6.78. The fourth-order valence-electron chi connectivity index (χ4n) is 3.43. The summed E-state index contributed by atoms with van der Waals surface area (Å²) in [5, 5.41) is 3.76. The largest absolute Gasteiger partial charge is 0.496 e. The second-order valence-electron chi connectivity index (χ2n) is 5.69. The van der Waals surface area contributed by atoms with Crippen LogP contribution in [0.3, 0.4) is 0 Å². The topological polar surface area (TPSA) is 30.5 Å². The van der Waals surface area contributed by atoms with Gasteiger partial charge in [0, 0.05) is 23.2 Å². The second kappa shape index (κ2) is 6.49. The Labute approximate surface area is 122 Å². The average molecular weight is 277 g/mol. The van der Waals surface area contributed by atoms with Gasteiger partial charge in [0.25, 0.3) is 0 Å². The molecule has 3 heteroatoms. The molecule has 0 fully saturated rings. The van der Waals surface area contributed by atoms with Gasteiger partial charge < -0.3 is 14.8 Å². The number of fused-ring (bicyclic) bond motifs is 1. The summed E-state index contributed by atoms with van der Waals surface area (Å²) >= 11 is 0. The number of ether oxygens (including phenoxy) is 2. The lowest BCUT2D eigenvalue weighted by molar-refractivity contribution is 0.280. The summed E-state index contributed by atoms with van der Waals surface area (Å²) in [7, 11) is 3.50. The number of methoxy groups -OCH3 is 2. The van der Waals surface area contributed by atoms with Crippen molar-refractivity contribution in [2.45, 2.75) is 52.1 Å². The van der Waals surface area contributed by atoms with Crippen LogP contribution in [0.2, 0.25) is 0 Å². The minimum Gasteiger partial charge on any atom is -0.496 e. The lowest BCUT2D eigenvalue weighted by Crippen LogP contribution is -2.41. The zero-order valence-electron chi connectivity index (χ0n) is 13.3. The standard InChI is InChI=1S/C17H27NO2/c1-6-12(7-2)17-16-13(10-11(3)18-17)14(19-4)8-9-15(16)20-5/h8-9,11-12,17-18H,6-7,10H2,1-5H3. The van der Waals surface area contributed by atoms with Crippen LogP contribution in [0.5, 0.6) is 11.5 Å². The fourth-order valence-corrected chi connectivity index (χ4v) is 3.43. The molecule has 0 saturated heterocycles. The zero-order valence-corrected chi connectivity index (χ0v) is 13.3. The van der Waals surface area contributed by atoms with E-state index in [0.717, 1.165) is 17.9 Å². The molecule has 3 nitrogen and oxygen atoms in total. The first-order valence-corrected chi connectivity index (χ1v) is 7.65. The predicted octanol–water partition coefficient (Wildman–Crippen LogP) is 3.72. The minimum absolute atomic E-state index is 0.355. The van der Waals surface area contributed by atoms with Crippen LogP contribution in [0.25, 0.3) is 0 Å². The first-order chi connectivity index (χ1) is 9.65. The van der Waals surface area contributed by atoms with E-state index in [9.17, 15) is 0 Å². The Morgan fingerprint density at radius 3 is 2.30 bits per heavy atom. The van der Waals surface area contributed by atoms with Crippen molar-refractivity contribution in [2.24, 2.45) is 5.92 Å². The lowest BCUT2D eigenvalue weighted by atomic mass is 9.81. The van der Waals surface area contributed by atoms with Crippen molar-refractivity contribution in [1.82, 2.24) is 5.32 Å². The van der Waals surface area contributed by atoms with Gasteiger partial charge >= 0.3 is 0 Å². The SMILES string of the molecule is CCC(CC)C1NC(C)Cc2c(OC)ccc(OC)c21. The number of hydrogen-bond acceptors (Lipinski definition) is 3. The molecule has 0 saturated carbocycles. The molecule has 0 aliphatic carbocycles. The van der Waals surface area contributed by atoms with Crippen molar-refractivity contribution in [3.05, 3.63) is 23.3 Å². The first-order valence-electron chi connectivity index (χ1n) is 7.65. The van der Waals surface area contributed by atoms with Crippen LogP contribution in [0, 0.1) is 5.92 Å². The molecule has 1 N–H and O–H groups in total. The number of benzene rings is 1. The van der Waals surface area contributed by atoms with Gasteiger partial charge in [0.05, 0.1) is 14.2 Å². The van der Waals surface area contributed by atoms with E-state index in [4.69, 9.17) is 9.47 Å². The van der Waals surface area contributed by atoms with Crippen LogP contribution in [-0.2, 0) is 6.42 Å². The maximum absolute atomic E-state index is 5.62. The molecule has 1 aliphatic heterocycles. The van der Waals surface area contributed by atoms with Crippen LogP contribution < -0.4 is 14.8 Å². The van der Waals surface area contributed by atoms with E-state index in [1.165, 1.54) is 24.0 Å². The summed E-state index contributed by atoms with van der Waals surface area (Å²) in [5.41, 5.74) is 2.62. The molecule has 2 unspecified atom stereocenters. The molecular formula is C17H27NO2. The molecule has 0 amide bonds. The minimum atomic E-state index is 0.355. The normalized spacial score (nSPS) is 21.7. The Morgan fingerprint density at radius 2 is 1.75 bits per heavy atom. The monoisotopic (exact) mass is 277 g/mol. The van der Waals surface area contributed by atoms with Crippen molar-refractivity contribution < 1.29 is 9.47 Å². The smallest absolute Gasteiger partial charge is 0.124 e. The van der Waals surface area contributed by atoms with Gasteiger partial charge in [0.2, 0.25) is 0 Å². The van der Waals surface area contributed by atoms with Crippen LogP contribution in [0.1, 0.15) is 50.8 Å². The van der Waals surface area contributed by atoms with Crippen molar-refractivity contribution >= 4 is 0 Å². The van der Waals surface area contributed by atoms with Gasteiger partial charge in [0.15, 0.2) is 0 Å². The summed E-state index contributed by atoms with van der Waals surface area (Å²) in [6, 6.07) is 4.88. The maximum atomic E-state index is 5.62. The van der Waals surface area contributed by atoms with E-state index in [0.29, 0.717) is 18.0 Å². The third-order valence-electron chi connectivity index (χ3n) is 4.52. The molecule has 1 aromatic rings. The third kappa shape index (κ3) is 2.64. The number of hydrogen-bond donors (Lipinski definition) is 1. The van der Waals surface area contributed by atoms with Crippen LogP contribution in [-0.4, -0.2) is 20.3 Å². The third-order valence-corrected chi connectivity index (χ3v) is 4.52. The molecule has 2 rings (SSSR count). The molecular weight excluding hydrogens is 250 g/mol. The van der Waals surface area contributed by atoms with E-state index in [2.05, 4.69) is 26.1 Å². The van der Waals surface area contributed by atoms with E-state index < -0.39 is 0 Å². The average Bonchev–Trinajstić information content (AvgIpc) is 2.47. The number of nitrogens with one attached hydrogen (secondary N) is 1. The highest BCUT2D eigenvalue weighted by molar-refractivity contribution is 5.52. The van der Waals surface area contributed by atoms with Crippen molar-refractivity contribution in [3.63, 3.8) is 0 Å². The van der Waals surface area contributed by atoms with E-state index in [1.54, 1.807) is 14.2 Å². The Morgan fingerprint density at radius 1 is 1.15 bits per heavy atom. The molecule has 1 heterocycles. The molecule has 1 aliphatic rings. The van der Waals surface area contributed by atoms with E-state index in [1.807, 2.05) is 12.1 Å². The summed E-state index contributed by atoms with van der Waals surface area (Å²) in [6.07, 6.45) is 3.33. The van der Waals surface area contributed by atoms with Crippen molar-refractivity contribution in [2.75, 3.05) is 14.2 Å². The highest BCUT2D eigenvalue weighted by Gasteiger charge is 2.33. The van der Waals surface area contributed by atoms with Gasteiger partial charge in [-0.2, -0.15) is 0 Å². The van der Waals surface area contributed by atoms with Gasteiger partial charge in [-0.1, -0.05) is 26.7 Å². The van der Waals surface area contributed by atoms with Gasteiger partial charge in [-0.3, -0.25) is 0 Å². The molecule has 0 aromatic heterocycles. The first kappa shape index (κ1) is 15.2. The highest BCUT2D eigenvalue weighted by atomic mass is 16.5. The Hall–Kier alpha value is -1.22. The Kier molecular flexibility index (Phi) is 4.92. The quantitative estimate of drug-likeness (QED) is 0.890. The fraction of sp³-hybridized carbons (Fsp3) is 0.647. The summed E-state index contributed by atoms with van der Waals surface area (Å²) in [4.78, 5) is 0. The van der Waals surface area contributed by atoms with Crippen molar-refractivity contribution in [3.8, 4) is 11.5 Å². The molecule has 112 valence electrons. The van der Waals surface area contributed by atoms with Crippen molar-refractivity contribution in [1.29, 1.82) is 0 Å². The maximum Gasteiger partial charge on any atom is 0.124 e. The molecule has 0 spiro atoms. The van der Waals surface area contributed by atoms with Crippen LogP contribution in [0.4, 0.5) is 0 Å². The highest BCUT2D eigenvalue weighted by Crippen LogP contribution is 2.43. The molecule has 2 atom stereocenters. The predicted molar refractivity (Wildman–Crippen MR) is 82.7 cm³/mol. The summed E-state index contributed by atoms with van der Waals surface area (Å²) in [5.74, 6) is 2.60.